The molecule has 0 saturated carbocycles. The van der Waals surface area contributed by atoms with Gasteiger partial charge in [-0.05, 0) is 51.4 Å². The summed E-state index contributed by atoms with van der Waals surface area (Å²) < 4.78 is 16.7. The van der Waals surface area contributed by atoms with E-state index in [1.54, 1.807) is 0 Å². The minimum absolute atomic E-state index is 0.127. The van der Waals surface area contributed by atoms with Gasteiger partial charge in [-0.1, -0.05) is 244 Å². The Morgan fingerprint density at radius 3 is 1.05 bits per heavy atom. The molecule has 0 amide bonds. The second kappa shape index (κ2) is 49.2. The van der Waals surface area contributed by atoms with Crippen molar-refractivity contribution in [3.63, 3.8) is 0 Å². The van der Waals surface area contributed by atoms with Crippen molar-refractivity contribution in [2.45, 2.75) is 187 Å². The molecule has 0 aromatic rings. The molecule has 0 aliphatic carbocycles. The van der Waals surface area contributed by atoms with Crippen LogP contribution in [0.1, 0.15) is 181 Å². The van der Waals surface area contributed by atoms with E-state index >= 15 is 0 Å². The van der Waals surface area contributed by atoms with Gasteiger partial charge in [0, 0.05) is 19.3 Å². The van der Waals surface area contributed by atoms with Gasteiger partial charge in [-0.3, -0.25) is 14.4 Å². The second-order valence-corrected chi connectivity index (χ2v) is 15.5. The summed E-state index contributed by atoms with van der Waals surface area (Å²) in [7, 11) is 0. The summed E-state index contributed by atoms with van der Waals surface area (Å²) in [5.41, 5.74) is 0. The summed E-state index contributed by atoms with van der Waals surface area (Å²) in [5.74, 6) is -1.05. The van der Waals surface area contributed by atoms with Crippen LogP contribution in [0, 0.1) is 0 Å². The highest BCUT2D eigenvalue weighted by Crippen LogP contribution is 2.14. The van der Waals surface area contributed by atoms with Crippen LogP contribution < -0.4 is 0 Å². The molecule has 6 heteroatoms. The third-order valence-corrected chi connectivity index (χ3v) is 9.69. The number of unbranched alkanes of at least 4 members (excludes halogenated alkanes) is 17. The Balaban J connectivity index is 4.60. The molecule has 62 heavy (non-hydrogen) atoms. The van der Waals surface area contributed by atoms with Gasteiger partial charge in [0.05, 0.1) is 0 Å². The molecule has 346 valence electrons. The zero-order valence-electron chi connectivity index (χ0n) is 39.3. The fraction of sp³-hybridized carbons (Fsp3) is 0.554. The summed E-state index contributed by atoms with van der Waals surface area (Å²) in [6, 6.07) is 0. The lowest BCUT2D eigenvalue weighted by atomic mass is 10.0. The maximum absolute atomic E-state index is 12.8. The number of ether oxygens (including phenoxy) is 3. The molecule has 0 aliphatic rings. The van der Waals surface area contributed by atoms with Crippen molar-refractivity contribution in [2.75, 3.05) is 13.2 Å². The highest BCUT2D eigenvalue weighted by Gasteiger charge is 2.19. The second-order valence-electron chi connectivity index (χ2n) is 15.5. The molecule has 0 N–H and O–H groups in total. The van der Waals surface area contributed by atoms with Crippen molar-refractivity contribution >= 4 is 17.9 Å². The van der Waals surface area contributed by atoms with Crippen molar-refractivity contribution in [1.29, 1.82) is 0 Å². The Morgan fingerprint density at radius 2 is 0.645 bits per heavy atom. The molecular weight excluding hydrogens is 769 g/mol. The minimum atomic E-state index is -0.827. The molecule has 6 nitrogen and oxygen atoms in total. The highest BCUT2D eigenvalue weighted by atomic mass is 16.6. The molecule has 0 aromatic heterocycles. The van der Waals surface area contributed by atoms with E-state index in [9.17, 15) is 14.4 Å². The first-order valence-corrected chi connectivity index (χ1v) is 24.3. The van der Waals surface area contributed by atoms with Crippen LogP contribution >= 0.6 is 0 Å². The number of hydrogen-bond donors (Lipinski definition) is 0. The molecular formula is C56H86O6. The monoisotopic (exact) mass is 855 g/mol. The first-order chi connectivity index (χ1) is 30.5. The SMILES string of the molecule is CC\C=C/C=C\C=C/C=C\C=C/CCCC(=O)OCC(COC(=O)CCCCC\C=C/C=C/C=C\C=C/C=C\C=C/CC)OC(=O)CCCCCCCCCCCCCCCC. The molecule has 0 bridgehead atoms. The number of carbonyl (C=O) groups excluding carboxylic acids is 3. The molecule has 0 aromatic carbocycles. The van der Waals surface area contributed by atoms with Crippen molar-refractivity contribution in [1.82, 2.24) is 0 Å². The van der Waals surface area contributed by atoms with E-state index in [-0.39, 0.29) is 44.0 Å². The van der Waals surface area contributed by atoms with Gasteiger partial charge in [0.2, 0.25) is 0 Å². The zero-order chi connectivity index (χ0) is 45.1. The minimum Gasteiger partial charge on any atom is -0.462 e. The first-order valence-electron chi connectivity index (χ1n) is 24.3. The third-order valence-electron chi connectivity index (χ3n) is 9.69. The van der Waals surface area contributed by atoms with Crippen LogP contribution in [0.5, 0.6) is 0 Å². The zero-order valence-corrected chi connectivity index (χ0v) is 39.3. The lowest BCUT2D eigenvalue weighted by Gasteiger charge is -2.18. The molecule has 0 spiro atoms. The lowest BCUT2D eigenvalue weighted by molar-refractivity contribution is -0.167. The predicted octanol–water partition coefficient (Wildman–Crippen LogP) is 15.9. The van der Waals surface area contributed by atoms with Crippen LogP contribution in [0.15, 0.2) is 134 Å². The van der Waals surface area contributed by atoms with Crippen LogP contribution in [-0.4, -0.2) is 37.2 Å². The molecule has 1 unspecified atom stereocenters. The molecule has 0 fully saturated rings. The van der Waals surface area contributed by atoms with Gasteiger partial charge in [-0.2, -0.15) is 0 Å². The van der Waals surface area contributed by atoms with Crippen molar-refractivity contribution in [3.05, 3.63) is 134 Å². The van der Waals surface area contributed by atoms with Gasteiger partial charge < -0.3 is 14.2 Å². The van der Waals surface area contributed by atoms with Gasteiger partial charge in [0.15, 0.2) is 6.10 Å². The largest absolute Gasteiger partial charge is 0.462 e. The van der Waals surface area contributed by atoms with E-state index < -0.39 is 6.10 Å². The standard InChI is InChI=1S/C56H86O6/c1-4-7-10-13-16-19-22-25-27-28-29-32-34-37-40-43-46-49-55(58)61-52-53(51-60-54(57)48-45-42-39-36-33-30-24-21-18-15-12-9-6-3)62-56(59)50-47-44-41-38-35-31-26-23-20-17-14-11-8-5-2/h7,9-10,12-13,15-16,18-19,21-22,24-25,27-30,32-34,36,39,53H,4-6,8,11,14,17,20,23,26,31,35,37-38,40-52H2,1-3H3/b10-7-,12-9-,16-13-,18-15-,22-19-,24-21-,27-25-,29-28+,33-30-,34-32-,39-36-. The Morgan fingerprint density at radius 1 is 0.339 bits per heavy atom. The molecule has 0 radical (unpaired) electrons. The summed E-state index contributed by atoms with van der Waals surface area (Å²) in [6.45, 7) is 6.22. The molecule has 0 rings (SSSR count). The fourth-order valence-corrected chi connectivity index (χ4v) is 6.09. The van der Waals surface area contributed by atoms with Crippen molar-refractivity contribution < 1.29 is 28.6 Å². The smallest absolute Gasteiger partial charge is 0.306 e. The Bertz CT molecular complexity index is 1400. The summed E-state index contributed by atoms with van der Waals surface area (Å²) in [6.07, 6.45) is 68.6. The van der Waals surface area contributed by atoms with Gasteiger partial charge in [0.1, 0.15) is 13.2 Å². The lowest BCUT2D eigenvalue weighted by Crippen LogP contribution is -2.30. The van der Waals surface area contributed by atoms with E-state index in [4.69, 9.17) is 14.2 Å². The normalized spacial score (nSPS) is 13.3. The van der Waals surface area contributed by atoms with Gasteiger partial charge in [-0.25, -0.2) is 0 Å². The highest BCUT2D eigenvalue weighted by molar-refractivity contribution is 5.71. The predicted molar refractivity (Wildman–Crippen MR) is 265 cm³/mol. The van der Waals surface area contributed by atoms with E-state index in [1.165, 1.54) is 70.6 Å². The Labute approximate surface area is 379 Å². The molecule has 1 atom stereocenters. The van der Waals surface area contributed by atoms with Crippen LogP contribution in [0.25, 0.3) is 0 Å². The Kier molecular flexibility index (Phi) is 45.7. The maximum atomic E-state index is 12.8. The third kappa shape index (κ3) is 46.6. The van der Waals surface area contributed by atoms with Crippen molar-refractivity contribution in [3.8, 4) is 0 Å². The average molecular weight is 855 g/mol. The van der Waals surface area contributed by atoms with Crippen LogP contribution in [0.3, 0.4) is 0 Å². The molecule has 0 heterocycles. The fourth-order valence-electron chi connectivity index (χ4n) is 6.09. The summed E-state index contributed by atoms with van der Waals surface area (Å²) >= 11 is 0. The van der Waals surface area contributed by atoms with Gasteiger partial charge in [-0.15, -0.1) is 0 Å². The van der Waals surface area contributed by atoms with Gasteiger partial charge >= 0.3 is 17.9 Å². The van der Waals surface area contributed by atoms with Crippen LogP contribution in [0.2, 0.25) is 0 Å². The first kappa shape index (κ1) is 57.5. The van der Waals surface area contributed by atoms with Gasteiger partial charge in [0.25, 0.3) is 0 Å². The molecule has 0 saturated heterocycles. The van der Waals surface area contributed by atoms with E-state index in [0.717, 1.165) is 57.8 Å². The Hall–Kier alpha value is -4.45. The maximum Gasteiger partial charge on any atom is 0.306 e. The van der Waals surface area contributed by atoms with Crippen molar-refractivity contribution in [2.24, 2.45) is 0 Å². The molecule has 0 aliphatic heterocycles. The number of carbonyl (C=O) groups is 3. The number of esters is 3. The number of rotatable bonds is 41. The average Bonchev–Trinajstić information content (AvgIpc) is 3.27. The summed E-state index contributed by atoms with van der Waals surface area (Å²) in [5, 5.41) is 0. The van der Waals surface area contributed by atoms with Crippen LogP contribution in [0.4, 0.5) is 0 Å². The quantitative estimate of drug-likeness (QED) is 0.0264. The number of hydrogen-bond acceptors (Lipinski definition) is 6. The van der Waals surface area contributed by atoms with Crippen LogP contribution in [-0.2, 0) is 28.6 Å². The van der Waals surface area contributed by atoms with E-state index in [2.05, 4.69) is 39.0 Å². The number of allylic oxidation sites excluding steroid dienone is 22. The van der Waals surface area contributed by atoms with E-state index in [0.29, 0.717) is 19.3 Å². The summed E-state index contributed by atoms with van der Waals surface area (Å²) in [4.78, 5) is 37.9. The van der Waals surface area contributed by atoms with E-state index in [1.807, 2.05) is 115 Å². The topological polar surface area (TPSA) is 78.9 Å².